The number of hydrogen-bond donors (Lipinski definition) is 1. The number of likely N-dealkylation sites (N-methyl/N-ethyl adjacent to an activating group) is 1. The summed E-state index contributed by atoms with van der Waals surface area (Å²) in [5.74, 6) is -0.703. The third kappa shape index (κ3) is 6.07. The van der Waals surface area contributed by atoms with E-state index in [2.05, 4.69) is 10.2 Å². The van der Waals surface area contributed by atoms with Gasteiger partial charge < -0.3 is 15.1 Å². The van der Waals surface area contributed by atoms with Gasteiger partial charge in [0.25, 0.3) is 0 Å². The molecule has 0 unspecified atom stereocenters. The van der Waals surface area contributed by atoms with Gasteiger partial charge in [0, 0.05) is 40.2 Å². The van der Waals surface area contributed by atoms with Crippen molar-refractivity contribution in [3.63, 3.8) is 0 Å². The highest BCUT2D eigenvalue weighted by Crippen LogP contribution is 2.56. The van der Waals surface area contributed by atoms with Crippen LogP contribution in [0, 0.1) is 11.7 Å². The first-order valence-electron chi connectivity index (χ1n) is 14.2. The van der Waals surface area contributed by atoms with Crippen molar-refractivity contribution in [2.75, 3.05) is 26.7 Å². The molecule has 42 heavy (non-hydrogen) atoms. The fraction of sp³-hybridized carbons (Fsp3) is 0.394. The Labute approximate surface area is 243 Å². The van der Waals surface area contributed by atoms with Crippen LogP contribution in [0.2, 0.25) is 0 Å². The van der Waals surface area contributed by atoms with Crippen molar-refractivity contribution in [3.8, 4) is 0 Å². The van der Waals surface area contributed by atoms with Gasteiger partial charge >= 0.3 is 6.18 Å². The lowest BCUT2D eigenvalue weighted by atomic mass is 9.80. The summed E-state index contributed by atoms with van der Waals surface area (Å²) in [5, 5.41) is 3.18. The molecule has 2 atom stereocenters. The maximum Gasteiger partial charge on any atom is 0.416 e. The second-order valence-electron chi connectivity index (χ2n) is 11.7. The molecule has 1 N–H and O–H groups in total. The normalized spacial score (nSPS) is 21.9. The van der Waals surface area contributed by atoms with Crippen LogP contribution in [0.15, 0.2) is 78.9 Å². The summed E-state index contributed by atoms with van der Waals surface area (Å²) in [6, 6.07) is 20.8. The summed E-state index contributed by atoms with van der Waals surface area (Å²) in [5.41, 5.74) is 0.233. The average Bonchev–Trinajstić information content (AvgIpc) is 3.69. The molecule has 0 bridgehead atoms. The van der Waals surface area contributed by atoms with Gasteiger partial charge in [-0.1, -0.05) is 54.6 Å². The summed E-state index contributed by atoms with van der Waals surface area (Å²) in [7, 11) is 1.68. The fourth-order valence-corrected chi connectivity index (χ4v) is 6.53. The molecule has 2 amide bonds. The summed E-state index contributed by atoms with van der Waals surface area (Å²) < 4.78 is 53.3. The van der Waals surface area contributed by atoms with E-state index >= 15 is 0 Å². The molecule has 3 aromatic carbocycles. The molecule has 0 radical (unpaired) electrons. The molecule has 1 saturated heterocycles. The number of hydrogen-bond acceptors (Lipinski definition) is 3. The molecular formula is C33H35F4N3O2. The molecule has 5 nitrogen and oxygen atoms in total. The summed E-state index contributed by atoms with van der Waals surface area (Å²) in [4.78, 5) is 30.0. The van der Waals surface area contributed by atoms with E-state index in [4.69, 9.17) is 0 Å². The van der Waals surface area contributed by atoms with E-state index in [1.165, 1.54) is 31.2 Å². The van der Waals surface area contributed by atoms with Gasteiger partial charge in [0.05, 0.1) is 16.5 Å². The SMILES string of the molecule is CC(=O)NC1(c2ccccc2)CCN(C[C@@H]2C[C@@]2(C(=O)N(C)Cc2ccc(F)cc2)c2ccc(C(F)(F)F)cc2)CC1. The Balaban J connectivity index is 1.35. The Morgan fingerprint density at radius 2 is 1.55 bits per heavy atom. The van der Waals surface area contributed by atoms with Crippen LogP contribution in [0.25, 0.3) is 0 Å². The summed E-state index contributed by atoms with van der Waals surface area (Å²) >= 11 is 0. The van der Waals surface area contributed by atoms with E-state index in [1.54, 1.807) is 24.1 Å². The number of carbonyl (C=O) groups excluding carboxylic acids is 2. The van der Waals surface area contributed by atoms with Crippen LogP contribution in [0.1, 0.15) is 48.4 Å². The Morgan fingerprint density at radius 1 is 0.929 bits per heavy atom. The maximum absolute atomic E-state index is 14.0. The van der Waals surface area contributed by atoms with Gasteiger partial charge in [-0.15, -0.1) is 0 Å². The van der Waals surface area contributed by atoms with Crippen LogP contribution >= 0.6 is 0 Å². The highest BCUT2D eigenvalue weighted by molar-refractivity contribution is 5.92. The van der Waals surface area contributed by atoms with E-state index in [0.29, 0.717) is 44.5 Å². The zero-order valence-electron chi connectivity index (χ0n) is 23.8. The summed E-state index contributed by atoms with van der Waals surface area (Å²) in [6.45, 7) is 3.80. The Morgan fingerprint density at radius 3 is 2.12 bits per heavy atom. The lowest BCUT2D eigenvalue weighted by molar-refractivity contribution is -0.137. The number of benzene rings is 3. The average molecular weight is 582 g/mol. The Hall–Kier alpha value is -3.72. The number of nitrogens with zero attached hydrogens (tertiary/aromatic N) is 2. The van der Waals surface area contributed by atoms with Crippen LogP contribution in [0.3, 0.4) is 0 Å². The van der Waals surface area contributed by atoms with Crippen molar-refractivity contribution in [3.05, 3.63) is 107 Å². The molecule has 1 heterocycles. The highest BCUT2D eigenvalue weighted by Gasteiger charge is 2.62. The molecule has 5 rings (SSSR count). The van der Waals surface area contributed by atoms with Gasteiger partial charge in [0.15, 0.2) is 0 Å². The number of piperidine rings is 1. The first-order chi connectivity index (χ1) is 19.9. The van der Waals surface area contributed by atoms with Crippen LogP contribution < -0.4 is 5.32 Å². The molecule has 1 aliphatic heterocycles. The van der Waals surface area contributed by atoms with Crippen LogP contribution in [0.5, 0.6) is 0 Å². The number of halogens is 4. The third-order valence-corrected chi connectivity index (χ3v) is 8.82. The minimum absolute atomic E-state index is 0.0811. The van der Waals surface area contributed by atoms with Crippen molar-refractivity contribution in [2.45, 2.75) is 49.9 Å². The largest absolute Gasteiger partial charge is 0.416 e. The van der Waals surface area contributed by atoms with E-state index in [1.807, 2.05) is 30.3 Å². The molecule has 1 aliphatic carbocycles. The molecule has 2 aliphatic rings. The van der Waals surface area contributed by atoms with Crippen molar-refractivity contribution < 1.29 is 27.2 Å². The topological polar surface area (TPSA) is 52.7 Å². The molecule has 3 aromatic rings. The van der Waals surface area contributed by atoms with Gasteiger partial charge in [-0.3, -0.25) is 9.59 Å². The van der Waals surface area contributed by atoms with Gasteiger partial charge in [0.2, 0.25) is 11.8 Å². The quantitative estimate of drug-likeness (QED) is 0.338. The smallest absolute Gasteiger partial charge is 0.347 e. The first kappa shape index (κ1) is 29.8. The van der Waals surface area contributed by atoms with Gasteiger partial charge in [-0.25, -0.2) is 4.39 Å². The van der Waals surface area contributed by atoms with E-state index in [9.17, 15) is 27.2 Å². The minimum Gasteiger partial charge on any atom is -0.347 e. The van der Waals surface area contributed by atoms with Crippen molar-refractivity contribution in [1.29, 1.82) is 0 Å². The molecular weight excluding hydrogens is 546 g/mol. The van der Waals surface area contributed by atoms with Gasteiger partial charge in [-0.05, 0) is 66.1 Å². The lowest BCUT2D eigenvalue weighted by Gasteiger charge is -2.43. The lowest BCUT2D eigenvalue weighted by Crippen LogP contribution is -2.53. The monoisotopic (exact) mass is 581 g/mol. The van der Waals surface area contributed by atoms with E-state index in [0.717, 1.165) is 23.3 Å². The van der Waals surface area contributed by atoms with Crippen molar-refractivity contribution in [1.82, 2.24) is 15.1 Å². The summed E-state index contributed by atoms with van der Waals surface area (Å²) in [6.07, 6.45) is -2.54. The predicted octanol–water partition coefficient (Wildman–Crippen LogP) is 5.89. The second kappa shape index (κ2) is 11.5. The second-order valence-corrected chi connectivity index (χ2v) is 11.7. The highest BCUT2D eigenvalue weighted by atomic mass is 19.4. The molecule has 2 fully saturated rings. The number of alkyl halides is 3. The van der Waals surface area contributed by atoms with Crippen LogP contribution in [0.4, 0.5) is 17.6 Å². The van der Waals surface area contributed by atoms with E-state index < -0.39 is 22.7 Å². The minimum atomic E-state index is -4.47. The Kier molecular flexibility index (Phi) is 8.16. The zero-order chi connectivity index (χ0) is 30.1. The molecule has 0 aromatic heterocycles. The van der Waals surface area contributed by atoms with Crippen molar-refractivity contribution >= 4 is 11.8 Å². The van der Waals surface area contributed by atoms with Gasteiger partial charge in [-0.2, -0.15) is 13.2 Å². The third-order valence-electron chi connectivity index (χ3n) is 8.82. The molecule has 1 saturated carbocycles. The molecule has 0 spiro atoms. The number of carbonyl (C=O) groups is 2. The Bertz CT molecular complexity index is 1400. The van der Waals surface area contributed by atoms with E-state index in [-0.39, 0.29) is 30.1 Å². The van der Waals surface area contributed by atoms with Crippen LogP contribution in [-0.4, -0.2) is 48.3 Å². The molecule has 9 heteroatoms. The maximum atomic E-state index is 14.0. The fourth-order valence-electron chi connectivity index (χ4n) is 6.53. The zero-order valence-corrected chi connectivity index (χ0v) is 23.8. The number of amides is 2. The number of rotatable bonds is 8. The number of nitrogens with one attached hydrogen (secondary N) is 1. The predicted molar refractivity (Wildman–Crippen MR) is 152 cm³/mol. The number of likely N-dealkylation sites (tertiary alicyclic amines) is 1. The molecule has 222 valence electrons. The van der Waals surface area contributed by atoms with Crippen LogP contribution in [-0.2, 0) is 33.3 Å². The standard InChI is InChI=1S/C33H35F4N3O2/c1-23(41)38-31(25-6-4-3-5-7-25)16-18-40(19-17-31)22-28-20-32(28,26-10-12-27(13-11-26)33(35,36)37)30(42)39(2)21-24-8-14-29(34)15-9-24/h3-15,28H,16-22H2,1-2H3,(H,38,41)/t28-,32+/m0/s1. The van der Waals surface area contributed by atoms with Crippen molar-refractivity contribution in [2.24, 2.45) is 5.92 Å². The van der Waals surface area contributed by atoms with Gasteiger partial charge in [0.1, 0.15) is 5.82 Å². The first-order valence-corrected chi connectivity index (χ1v) is 14.2.